The van der Waals surface area contributed by atoms with Gasteiger partial charge in [-0.3, -0.25) is 0 Å². The Labute approximate surface area is 61.7 Å². The summed E-state index contributed by atoms with van der Waals surface area (Å²) in [6, 6.07) is 0. The van der Waals surface area contributed by atoms with E-state index in [1.165, 1.54) is 12.8 Å². The zero-order valence-corrected chi connectivity index (χ0v) is 6.43. The summed E-state index contributed by atoms with van der Waals surface area (Å²) in [6.07, 6.45) is 2.45. The Hall–Kier alpha value is -0.120. The number of hydroxylamine groups is 1. The lowest BCUT2D eigenvalue weighted by Crippen LogP contribution is -2.28. The fraction of sp³-hybridized carbons (Fsp3) is 1.00. The van der Waals surface area contributed by atoms with Crippen LogP contribution in [-0.4, -0.2) is 26.9 Å². The van der Waals surface area contributed by atoms with Gasteiger partial charge in [0.2, 0.25) is 0 Å². The topological polar surface area (TPSA) is 30.5 Å². The van der Waals surface area contributed by atoms with Crippen LogP contribution in [0.4, 0.5) is 0 Å². The van der Waals surface area contributed by atoms with Gasteiger partial charge in [0.25, 0.3) is 0 Å². The summed E-state index contributed by atoms with van der Waals surface area (Å²) in [5, 5.41) is 0. The van der Waals surface area contributed by atoms with E-state index in [1.54, 1.807) is 7.11 Å². The second-order valence-electron chi connectivity index (χ2n) is 2.64. The molecule has 0 aliphatic carbocycles. The third-order valence-electron chi connectivity index (χ3n) is 1.77. The van der Waals surface area contributed by atoms with Crippen LogP contribution in [-0.2, 0) is 9.57 Å². The maximum atomic E-state index is 5.28. The van der Waals surface area contributed by atoms with Crippen LogP contribution in [0, 0.1) is 5.92 Å². The van der Waals surface area contributed by atoms with E-state index in [0.29, 0.717) is 5.92 Å². The molecule has 1 heterocycles. The zero-order valence-electron chi connectivity index (χ0n) is 6.43. The number of ether oxygens (including phenoxy) is 1. The molecule has 1 saturated heterocycles. The van der Waals surface area contributed by atoms with Gasteiger partial charge in [-0.25, -0.2) is 5.48 Å². The Morgan fingerprint density at radius 2 is 2.60 bits per heavy atom. The third kappa shape index (κ3) is 2.64. The summed E-state index contributed by atoms with van der Waals surface area (Å²) < 4.78 is 5.28. The minimum atomic E-state index is 0.647. The standard InChI is InChI=1S/C7H15NO2/c1-9-8-5-7-3-2-4-10-6-7/h7-8H,2-6H2,1H3. The van der Waals surface area contributed by atoms with Crippen LogP contribution in [0.3, 0.4) is 0 Å². The van der Waals surface area contributed by atoms with E-state index in [0.717, 1.165) is 19.8 Å². The van der Waals surface area contributed by atoms with Crippen molar-refractivity contribution in [3.63, 3.8) is 0 Å². The fourth-order valence-corrected chi connectivity index (χ4v) is 1.17. The van der Waals surface area contributed by atoms with Crippen molar-refractivity contribution >= 4 is 0 Å². The van der Waals surface area contributed by atoms with E-state index in [4.69, 9.17) is 9.57 Å². The van der Waals surface area contributed by atoms with Gasteiger partial charge in [0.1, 0.15) is 0 Å². The van der Waals surface area contributed by atoms with Gasteiger partial charge in [-0.1, -0.05) is 0 Å². The second-order valence-corrected chi connectivity index (χ2v) is 2.64. The molecule has 1 aliphatic rings. The maximum Gasteiger partial charge on any atom is 0.0572 e. The van der Waals surface area contributed by atoms with Crippen molar-refractivity contribution in [2.24, 2.45) is 5.92 Å². The molecule has 60 valence electrons. The molecule has 1 unspecified atom stereocenters. The van der Waals surface area contributed by atoms with Crippen LogP contribution in [0.15, 0.2) is 0 Å². The Bertz CT molecular complexity index is 81.7. The van der Waals surface area contributed by atoms with E-state index in [-0.39, 0.29) is 0 Å². The molecule has 1 fully saturated rings. The van der Waals surface area contributed by atoms with Gasteiger partial charge in [-0.2, -0.15) is 0 Å². The highest BCUT2D eigenvalue weighted by Crippen LogP contribution is 2.11. The van der Waals surface area contributed by atoms with E-state index < -0.39 is 0 Å². The molecular weight excluding hydrogens is 130 g/mol. The van der Waals surface area contributed by atoms with E-state index >= 15 is 0 Å². The highest BCUT2D eigenvalue weighted by atomic mass is 16.6. The van der Waals surface area contributed by atoms with Gasteiger partial charge < -0.3 is 9.57 Å². The highest BCUT2D eigenvalue weighted by Gasteiger charge is 2.12. The SMILES string of the molecule is CONCC1CCCOC1. The van der Waals surface area contributed by atoms with Crippen molar-refractivity contribution in [3.05, 3.63) is 0 Å². The molecule has 0 aromatic carbocycles. The minimum Gasteiger partial charge on any atom is -0.381 e. The number of hydrogen-bond donors (Lipinski definition) is 1. The molecule has 0 radical (unpaired) electrons. The molecule has 1 N–H and O–H groups in total. The van der Waals surface area contributed by atoms with Gasteiger partial charge in [0, 0.05) is 13.2 Å². The predicted molar refractivity (Wildman–Crippen MR) is 38.6 cm³/mol. The maximum absolute atomic E-state index is 5.28. The Balaban J connectivity index is 2.02. The van der Waals surface area contributed by atoms with Crippen molar-refractivity contribution in [1.82, 2.24) is 5.48 Å². The first kappa shape index (κ1) is 7.98. The quantitative estimate of drug-likeness (QED) is 0.589. The van der Waals surface area contributed by atoms with Crippen LogP contribution in [0.5, 0.6) is 0 Å². The van der Waals surface area contributed by atoms with E-state index in [2.05, 4.69) is 5.48 Å². The summed E-state index contributed by atoms with van der Waals surface area (Å²) in [4.78, 5) is 4.74. The smallest absolute Gasteiger partial charge is 0.0572 e. The third-order valence-corrected chi connectivity index (χ3v) is 1.77. The van der Waals surface area contributed by atoms with Crippen molar-refractivity contribution in [3.8, 4) is 0 Å². The van der Waals surface area contributed by atoms with Crippen LogP contribution in [0.1, 0.15) is 12.8 Å². The summed E-state index contributed by atoms with van der Waals surface area (Å²) in [7, 11) is 1.64. The number of rotatable bonds is 3. The van der Waals surface area contributed by atoms with E-state index in [9.17, 15) is 0 Å². The molecule has 1 atom stereocenters. The molecule has 1 aliphatic heterocycles. The van der Waals surface area contributed by atoms with Crippen molar-refractivity contribution < 1.29 is 9.57 Å². The van der Waals surface area contributed by atoms with Crippen LogP contribution in [0.25, 0.3) is 0 Å². The lowest BCUT2D eigenvalue weighted by molar-refractivity contribution is 0.0216. The first-order chi connectivity index (χ1) is 4.93. The molecule has 0 amide bonds. The van der Waals surface area contributed by atoms with Crippen LogP contribution in [0.2, 0.25) is 0 Å². The molecule has 3 heteroatoms. The van der Waals surface area contributed by atoms with Crippen molar-refractivity contribution in [2.45, 2.75) is 12.8 Å². The lowest BCUT2D eigenvalue weighted by Gasteiger charge is -2.21. The highest BCUT2D eigenvalue weighted by molar-refractivity contribution is 4.63. The van der Waals surface area contributed by atoms with Gasteiger partial charge in [-0.15, -0.1) is 0 Å². The Kier molecular flexibility index (Phi) is 3.72. The predicted octanol–water partition coefficient (Wildman–Crippen LogP) is 0.564. The number of nitrogens with one attached hydrogen (secondary N) is 1. The molecule has 1 rings (SSSR count). The molecule has 0 aromatic heterocycles. The summed E-state index contributed by atoms with van der Waals surface area (Å²) in [5.41, 5.74) is 2.84. The number of hydrogen-bond acceptors (Lipinski definition) is 3. The lowest BCUT2D eigenvalue weighted by atomic mass is 10.0. The van der Waals surface area contributed by atoms with Gasteiger partial charge >= 0.3 is 0 Å². The molecular formula is C7H15NO2. The Morgan fingerprint density at radius 3 is 3.20 bits per heavy atom. The molecule has 10 heavy (non-hydrogen) atoms. The summed E-state index contributed by atoms with van der Waals surface area (Å²) in [5.74, 6) is 0.647. The molecule has 3 nitrogen and oxygen atoms in total. The average molecular weight is 145 g/mol. The van der Waals surface area contributed by atoms with Crippen molar-refractivity contribution in [1.29, 1.82) is 0 Å². The first-order valence-corrected chi connectivity index (χ1v) is 3.77. The normalized spacial score (nSPS) is 26.7. The summed E-state index contributed by atoms with van der Waals surface area (Å²) >= 11 is 0. The Morgan fingerprint density at radius 1 is 1.70 bits per heavy atom. The first-order valence-electron chi connectivity index (χ1n) is 3.77. The molecule has 0 spiro atoms. The minimum absolute atomic E-state index is 0.647. The molecule has 0 aromatic rings. The summed E-state index contributed by atoms with van der Waals surface area (Å²) in [6.45, 7) is 2.73. The second kappa shape index (κ2) is 4.66. The largest absolute Gasteiger partial charge is 0.381 e. The van der Waals surface area contributed by atoms with Crippen molar-refractivity contribution in [2.75, 3.05) is 26.9 Å². The van der Waals surface area contributed by atoms with E-state index in [1.807, 2.05) is 0 Å². The molecule has 0 saturated carbocycles. The van der Waals surface area contributed by atoms with Crippen LogP contribution >= 0.6 is 0 Å². The molecule has 0 bridgehead atoms. The van der Waals surface area contributed by atoms with Crippen LogP contribution < -0.4 is 5.48 Å². The average Bonchev–Trinajstić information content (AvgIpc) is 2.03. The van der Waals surface area contributed by atoms with Gasteiger partial charge in [0.15, 0.2) is 0 Å². The van der Waals surface area contributed by atoms with Gasteiger partial charge in [-0.05, 0) is 18.8 Å². The monoisotopic (exact) mass is 145 g/mol. The zero-order chi connectivity index (χ0) is 7.23. The fourth-order valence-electron chi connectivity index (χ4n) is 1.17. The van der Waals surface area contributed by atoms with Gasteiger partial charge in [0.05, 0.1) is 13.7 Å².